The fourth-order valence-corrected chi connectivity index (χ4v) is 3.23. The summed E-state index contributed by atoms with van der Waals surface area (Å²) in [5.74, 6) is -0.274. The highest BCUT2D eigenvalue weighted by Gasteiger charge is 2.46. The fourth-order valence-electron chi connectivity index (χ4n) is 3.23. The molecule has 1 aromatic rings. The molecule has 1 aliphatic heterocycles. The van der Waals surface area contributed by atoms with E-state index in [1.807, 2.05) is 0 Å². The van der Waals surface area contributed by atoms with Gasteiger partial charge in [0, 0.05) is 11.7 Å². The van der Waals surface area contributed by atoms with Crippen LogP contribution in [0.1, 0.15) is 30.1 Å². The van der Waals surface area contributed by atoms with Crippen molar-refractivity contribution in [3.8, 4) is 0 Å². The van der Waals surface area contributed by atoms with Gasteiger partial charge >= 0.3 is 0 Å². The molecule has 0 unspecified atom stereocenters. The molecule has 1 fully saturated rings. The van der Waals surface area contributed by atoms with Gasteiger partial charge in [-0.2, -0.15) is 0 Å². The molecule has 0 bridgehead atoms. The Hall–Kier alpha value is -1.00. The Labute approximate surface area is 101 Å². The van der Waals surface area contributed by atoms with Gasteiger partial charge in [0.1, 0.15) is 5.82 Å². The zero-order valence-electron chi connectivity index (χ0n) is 10.1. The smallest absolute Gasteiger partial charge is 0.141 e. The first-order valence-corrected chi connectivity index (χ1v) is 6.19. The number of piperidine rings is 1. The molecule has 0 aromatic carbocycles. The van der Waals surface area contributed by atoms with Crippen molar-refractivity contribution >= 4 is 0 Å². The van der Waals surface area contributed by atoms with Crippen LogP contribution in [-0.2, 0) is 6.42 Å². The molecule has 0 radical (unpaired) electrons. The maximum absolute atomic E-state index is 13.2. The third-order valence-corrected chi connectivity index (χ3v) is 4.47. The first-order valence-electron chi connectivity index (χ1n) is 6.19. The first kappa shape index (κ1) is 11.1. The van der Waals surface area contributed by atoms with Gasteiger partial charge in [0.2, 0.25) is 0 Å². The Balaban J connectivity index is 1.93. The Kier molecular flexibility index (Phi) is 2.45. The Morgan fingerprint density at radius 1 is 1.47 bits per heavy atom. The van der Waals surface area contributed by atoms with Crippen LogP contribution in [0.15, 0.2) is 12.3 Å². The highest BCUT2D eigenvalue weighted by Crippen LogP contribution is 2.49. The summed E-state index contributed by atoms with van der Waals surface area (Å²) in [6.45, 7) is 2.15. The van der Waals surface area contributed by atoms with Gasteiger partial charge in [-0.3, -0.25) is 4.98 Å². The molecule has 2 aliphatic rings. The minimum absolute atomic E-state index is 0.0469. The number of halogens is 1. The van der Waals surface area contributed by atoms with Crippen molar-refractivity contribution in [1.82, 2.24) is 9.88 Å². The molecule has 1 aromatic heterocycles. The van der Waals surface area contributed by atoms with E-state index >= 15 is 0 Å². The molecular weight excluding hydrogens is 217 g/mol. The lowest BCUT2D eigenvalue weighted by atomic mass is 9.73. The Bertz CT molecular complexity index is 438. The zero-order chi connectivity index (χ0) is 12.0. The molecule has 2 heterocycles. The van der Waals surface area contributed by atoms with E-state index in [0.717, 1.165) is 43.6 Å². The Morgan fingerprint density at radius 3 is 2.88 bits per heavy atom. The lowest BCUT2D eigenvalue weighted by Gasteiger charge is -2.40. The van der Waals surface area contributed by atoms with E-state index in [-0.39, 0.29) is 17.3 Å². The number of hydrogen-bond acceptors (Lipinski definition) is 3. The molecular formula is C13H18FN3. The van der Waals surface area contributed by atoms with E-state index in [2.05, 4.69) is 16.9 Å². The predicted molar refractivity (Wildman–Crippen MR) is 64.0 cm³/mol. The Morgan fingerprint density at radius 2 is 2.18 bits per heavy atom. The molecule has 2 N–H and O–H groups in total. The highest BCUT2D eigenvalue weighted by atomic mass is 19.1. The van der Waals surface area contributed by atoms with Gasteiger partial charge in [0.25, 0.3) is 0 Å². The number of nitrogens with zero attached hydrogens (tertiary/aromatic N) is 2. The SMILES string of the molecule is CN1CCC2(CC1)Cc1ncc(F)cc1[C@H]2N. The van der Waals surface area contributed by atoms with E-state index in [1.54, 1.807) is 6.07 Å². The van der Waals surface area contributed by atoms with Gasteiger partial charge in [-0.25, -0.2) is 4.39 Å². The summed E-state index contributed by atoms with van der Waals surface area (Å²) >= 11 is 0. The lowest BCUT2D eigenvalue weighted by molar-refractivity contribution is 0.105. The molecule has 3 rings (SSSR count). The van der Waals surface area contributed by atoms with Crippen LogP contribution in [0.3, 0.4) is 0 Å². The molecule has 92 valence electrons. The molecule has 1 aliphatic carbocycles. The van der Waals surface area contributed by atoms with Gasteiger partial charge in [0.05, 0.1) is 6.20 Å². The van der Waals surface area contributed by atoms with Crippen LogP contribution in [0.2, 0.25) is 0 Å². The summed E-state index contributed by atoms with van der Waals surface area (Å²) in [4.78, 5) is 6.54. The van der Waals surface area contributed by atoms with Crippen LogP contribution in [0, 0.1) is 11.2 Å². The van der Waals surface area contributed by atoms with Gasteiger partial charge in [-0.05, 0) is 56.4 Å². The summed E-state index contributed by atoms with van der Waals surface area (Å²) in [6.07, 6.45) is 4.39. The summed E-state index contributed by atoms with van der Waals surface area (Å²) in [7, 11) is 2.14. The standard InChI is InChI=1S/C13H18FN3/c1-17-4-2-13(3-5-17)7-11-10(12(13)15)6-9(14)8-16-11/h6,8,12H,2-5,7,15H2,1H3/t12-/m1/s1. The molecule has 1 saturated heterocycles. The van der Waals surface area contributed by atoms with Crippen molar-refractivity contribution in [2.45, 2.75) is 25.3 Å². The van der Waals surface area contributed by atoms with Gasteiger partial charge in [-0.15, -0.1) is 0 Å². The van der Waals surface area contributed by atoms with Crippen molar-refractivity contribution in [3.63, 3.8) is 0 Å². The quantitative estimate of drug-likeness (QED) is 0.740. The van der Waals surface area contributed by atoms with Crippen LogP contribution in [0.4, 0.5) is 4.39 Å². The fraction of sp³-hybridized carbons (Fsp3) is 0.615. The van der Waals surface area contributed by atoms with Crippen molar-refractivity contribution in [2.75, 3.05) is 20.1 Å². The average Bonchev–Trinajstić information content (AvgIpc) is 2.58. The molecule has 3 nitrogen and oxygen atoms in total. The second kappa shape index (κ2) is 3.75. The highest BCUT2D eigenvalue weighted by molar-refractivity contribution is 5.33. The van der Waals surface area contributed by atoms with Gasteiger partial charge in [0.15, 0.2) is 0 Å². The van der Waals surface area contributed by atoms with Gasteiger partial charge < -0.3 is 10.6 Å². The minimum atomic E-state index is -0.274. The topological polar surface area (TPSA) is 42.2 Å². The van der Waals surface area contributed by atoms with E-state index in [0.29, 0.717) is 0 Å². The number of aromatic nitrogens is 1. The van der Waals surface area contributed by atoms with E-state index in [1.165, 1.54) is 6.20 Å². The van der Waals surface area contributed by atoms with Crippen LogP contribution < -0.4 is 5.73 Å². The van der Waals surface area contributed by atoms with Gasteiger partial charge in [-0.1, -0.05) is 0 Å². The van der Waals surface area contributed by atoms with Crippen LogP contribution in [0.5, 0.6) is 0 Å². The second-order valence-corrected chi connectivity index (χ2v) is 5.51. The van der Waals surface area contributed by atoms with Crippen molar-refractivity contribution in [2.24, 2.45) is 11.1 Å². The minimum Gasteiger partial charge on any atom is -0.323 e. The summed E-state index contributed by atoms with van der Waals surface area (Å²) in [5.41, 5.74) is 8.39. The predicted octanol–water partition coefficient (Wildman–Crippen LogP) is 1.49. The third kappa shape index (κ3) is 1.67. The summed E-state index contributed by atoms with van der Waals surface area (Å²) in [5, 5.41) is 0. The number of nitrogens with two attached hydrogens (primary N) is 1. The molecule has 4 heteroatoms. The molecule has 0 amide bonds. The maximum atomic E-state index is 13.2. The largest absolute Gasteiger partial charge is 0.323 e. The molecule has 17 heavy (non-hydrogen) atoms. The maximum Gasteiger partial charge on any atom is 0.141 e. The second-order valence-electron chi connectivity index (χ2n) is 5.51. The molecule has 1 atom stereocenters. The number of hydrogen-bond donors (Lipinski definition) is 1. The van der Waals surface area contributed by atoms with E-state index in [4.69, 9.17) is 5.73 Å². The first-order chi connectivity index (χ1) is 8.11. The van der Waals surface area contributed by atoms with Crippen molar-refractivity contribution in [1.29, 1.82) is 0 Å². The van der Waals surface area contributed by atoms with Crippen LogP contribution in [0.25, 0.3) is 0 Å². The normalized spacial score (nSPS) is 27.4. The van der Waals surface area contributed by atoms with Crippen molar-refractivity contribution in [3.05, 3.63) is 29.3 Å². The third-order valence-electron chi connectivity index (χ3n) is 4.47. The molecule has 0 saturated carbocycles. The number of pyridine rings is 1. The number of likely N-dealkylation sites (tertiary alicyclic amines) is 1. The summed E-state index contributed by atoms with van der Waals surface area (Å²) < 4.78 is 13.2. The van der Waals surface area contributed by atoms with Crippen LogP contribution in [-0.4, -0.2) is 30.0 Å². The number of rotatable bonds is 0. The zero-order valence-corrected chi connectivity index (χ0v) is 10.1. The molecule has 1 spiro atoms. The number of fused-ring (bicyclic) bond motifs is 1. The van der Waals surface area contributed by atoms with E-state index in [9.17, 15) is 4.39 Å². The average molecular weight is 235 g/mol. The van der Waals surface area contributed by atoms with Crippen molar-refractivity contribution < 1.29 is 4.39 Å². The monoisotopic (exact) mass is 235 g/mol. The lowest BCUT2D eigenvalue weighted by Crippen LogP contribution is -2.42. The van der Waals surface area contributed by atoms with Crippen LogP contribution >= 0.6 is 0 Å². The van der Waals surface area contributed by atoms with E-state index < -0.39 is 0 Å². The summed E-state index contributed by atoms with van der Waals surface area (Å²) in [6, 6.07) is 1.52.